The SMILES string of the molecule is CC(C)(CC(=O)O)CC(=O)Nc1ccc(OCc2ccccn2)c(Cl)c1. The van der Waals surface area contributed by atoms with E-state index in [1.807, 2.05) is 18.2 Å². The van der Waals surface area contributed by atoms with Gasteiger partial charge in [-0.2, -0.15) is 0 Å². The van der Waals surface area contributed by atoms with Crippen molar-refractivity contribution in [3.63, 3.8) is 0 Å². The Hall–Kier alpha value is -2.60. The molecule has 0 fully saturated rings. The monoisotopic (exact) mass is 376 g/mol. The fourth-order valence-corrected chi connectivity index (χ4v) is 2.68. The average molecular weight is 377 g/mol. The van der Waals surface area contributed by atoms with Gasteiger partial charge < -0.3 is 15.2 Å². The minimum Gasteiger partial charge on any atom is -0.486 e. The third-order valence-electron chi connectivity index (χ3n) is 3.59. The van der Waals surface area contributed by atoms with Crippen LogP contribution in [-0.2, 0) is 16.2 Å². The number of halogens is 1. The second-order valence-electron chi connectivity index (χ2n) is 6.71. The molecule has 6 nitrogen and oxygen atoms in total. The highest BCUT2D eigenvalue weighted by molar-refractivity contribution is 6.32. The van der Waals surface area contributed by atoms with Crippen LogP contribution in [-0.4, -0.2) is 22.0 Å². The van der Waals surface area contributed by atoms with Crippen LogP contribution < -0.4 is 10.1 Å². The second-order valence-corrected chi connectivity index (χ2v) is 7.12. The number of carbonyl (C=O) groups excluding carboxylic acids is 1. The van der Waals surface area contributed by atoms with Gasteiger partial charge in [-0.05, 0) is 35.7 Å². The van der Waals surface area contributed by atoms with Crippen molar-refractivity contribution in [2.24, 2.45) is 5.41 Å². The van der Waals surface area contributed by atoms with Gasteiger partial charge in [0.1, 0.15) is 12.4 Å². The van der Waals surface area contributed by atoms with E-state index >= 15 is 0 Å². The molecular weight excluding hydrogens is 356 g/mol. The number of nitrogens with one attached hydrogen (secondary N) is 1. The van der Waals surface area contributed by atoms with Crippen LogP contribution >= 0.6 is 11.6 Å². The summed E-state index contributed by atoms with van der Waals surface area (Å²) >= 11 is 6.21. The molecule has 1 aromatic carbocycles. The zero-order valence-electron chi connectivity index (χ0n) is 14.7. The van der Waals surface area contributed by atoms with Gasteiger partial charge in [-0.15, -0.1) is 0 Å². The molecule has 7 heteroatoms. The summed E-state index contributed by atoms with van der Waals surface area (Å²) in [5.74, 6) is -0.712. The number of pyridine rings is 1. The van der Waals surface area contributed by atoms with Crippen molar-refractivity contribution in [2.45, 2.75) is 33.3 Å². The van der Waals surface area contributed by atoms with E-state index in [2.05, 4.69) is 10.3 Å². The van der Waals surface area contributed by atoms with Crippen LogP contribution in [0.15, 0.2) is 42.6 Å². The molecule has 0 atom stereocenters. The number of aromatic nitrogens is 1. The number of benzene rings is 1. The number of anilines is 1. The molecule has 2 aromatic rings. The molecular formula is C19H21ClN2O4. The first-order chi connectivity index (χ1) is 12.2. The Kier molecular flexibility index (Phi) is 6.58. The number of carboxylic acid groups (broad SMARTS) is 1. The molecule has 1 heterocycles. The standard InChI is InChI=1S/C19H21ClN2O4/c1-19(2,11-18(24)25)10-17(23)22-13-6-7-16(15(20)9-13)26-12-14-5-3-4-8-21-14/h3-9H,10-12H2,1-2H3,(H,22,23)(H,24,25). The van der Waals surface area contributed by atoms with Gasteiger partial charge in [0, 0.05) is 18.3 Å². The Bertz CT molecular complexity index is 778. The van der Waals surface area contributed by atoms with Gasteiger partial charge in [-0.25, -0.2) is 0 Å². The molecule has 26 heavy (non-hydrogen) atoms. The van der Waals surface area contributed by atoms with Crippen LogP contribution in [0.25, 0.3) is 0 Å². The summed E-state index contributed by atoms with van der Waals surface area (Å²) in [6.07, 6.45) is 1.70. The van der Waals surface area contributed by atoms with E-state index in [0.717, 1.165) is 5.69 Å². The average Bonchev–Trinajstić information content (AvgIpc) is 2.53. The van der Waals surface area contributed by atoms with Crippen molar-refractivity contribution in [3.05, 3.63) is 53.3 Å². The van der Waals surface area contributed by atoms with Crippen molar-refractivity contribution in [1.29, 1.82) is 0 Å². The maximum Gasteiger partial charge on any atom is 0.303 e. The smallest absolute Gasteiger partial charge is 0.303 e. The van der Waals surface area contributed by atoms with Crippen LogP contribution in [0.2, 0.25) is 5.02 Å². The Morgan fingerprint density at radius 3 is 2.62 bits per heavy atom. The highest BCUT2D eigenvalue weighted by Crippen LogP contribution is 2.29. The van der Waals surface area contributed by atoms with Crippen molar-refractivity contribution in [2.75, 3.05) is 5.32 Å². The zero-order chi connectivity index (χ0) is 19.2. The molecule has 0 saturated carbocycles. The summed E-state index contributed by atoms with van der Waals surface area (Å²) in [6, 6.07) is 10.5. The molecule has 1 aromatic heterocycles. The fourth-order valence-electron chi connectivity index (χ4n) is 2.44. The fraction of sp³-hybridized carbons (Fsp3) is 0.316. The lowest BCUT2D eigenvalue weighted by Crippen LogP contribution is -2.24. The molecule has 0 radical (unpaired) electrons. The first kappa shape index (κ1) is 19.7. The maximum atomic E-state index is 12.1. The van der Waals surface area contributed by atoms with Gasteiger partial charge >= 0.3 is 5.97 Å². The van der Waals surface area contributed by atoms with E-state index in [0.29, 0.717) is 16.5 Å². The summed E-state index contributed by atoms with van der Waals surface area (Å²) in [5.41, 5.74) is 0.670. The molecule has 2 rings (SSSR count). The number of amides is 1. The molecule has 0 bridgehead atoms. The van der Waals surface area contributed by atoms with E-state index in [-0.39, 0.29) is 25.4 Å². The van der Waals surface area contributed by atoms with E-state index in [1.165, 1.54) is 0 Å². The third kappa shape index (κ3) is 6.37. The number of hydrogen-bond donors (Lipinski definition) is 2. The van der Waals surface area contributed by atoms with Gasteiger partial charge in [0.05, 0.1) is 17.1 Å². The lowest BCUT2D eigenvalue weighted by atomic mass is 9.85. The lowest BCUT2D eigenvalue weighted by Gasteiger charge is -2.21. The highest BCUT2D eigenvalue weighted by Gasteiger charge is 2.25. The van der Waals surface area contributed by atoms with E-state index in [4.69, 9.17) is 21.4 Å². The Morgan fingerprint density at radius 1 is 1.23 bits per heavy atom. The summed E-state index contributed by atoms with van der Waals surface area (Å²) in [6.45, 7) is 3.76. The predicted octanol–water partition coefficient (Wildman–Crippen LogP) is 4.14. The van der Waals surface area contributed by atoms with Crippen LogP contribution in [0.5, 0.6) is 5.75 Å². The molecule has 0 unspecified atom stereocenters. The summed E-state index contributed by atoms with van der Waals surface area (Å²) in [5, 5.41) is 12.0. The first-order valence-corrected chi connectivity index (χ1v) is 8.47. The number of carboxylic acids is 1. The third-order valence-corrected chi connectivity index (χ3v) is 3.88. The normalized spacial score (nSPS) is 11.0. The molecule has 1 amide bonds. The zero-order valence-corrected chi connectivity index (χ0v) is 15.4. The van der Waals surface area contributed by atoms with Gasteiger partial charge in [-0.1, -0.05) is 31.5 Å². The molecule has 0 aliphatic rings. The Labute approximate surface area is 157 Å². The first-order valence-electron chi connectivity index (χ1n) is 8.09. The molecule has 2 N–H and O–H groups in total. The number of carbonyl (C=O) groups is 2. The summed E-state index contributed by atoms with van der Waals surface area (Å²) < 4.78 is 5.63. The number of rotatable bonds is 8. The number of nitrogens with zero attached hydrogens (tertiary/aromatic N) is 1. The van der Waals surface area contributed by atoms with Crippen LogP contribution in [0.1, 0.15) is 32.4 Å². The summed E-state index contributed by atoms with van der Waals surface area (Å²) in [4.78, 5) is 27.1. The largest absolute Gasteiger partial charge is 0.486 e. The van der Waals surface area contributed by atoms with Crippen molar-refractivity contribution in [3.8, 4) is 5.75 Å². The quantitative estimate of drug-likeness (QED) is 0.722. The van der Waals surface area contributed by atoms with Crippen LogP contribution in [0, 0.1) is 5.41 Å². The summed E-state index contributed by atoms with van der Waals surface area (Å²) in [7, 11) is 0. The van der Waals surface area contributed by atoms with Crippen molar-refractivity contribution >= 4 is 29.2 Å². The topological polar surface area (TPSA) is 88.5 Å². The molecule has 0 saturated heterocycles. The van der Waals surface area contributed by atoms with Crippen LogP contribution in [0.4, 0.5) is 5.69 Å². The predicted molar refractivity (Wildman–Crippen MR) is 99.3 cm³/mol. The lowest BCUT2D eigenvalue weighted by molar-refractivity contribution is -0.139. The van der Waals surface area contributed by atoms with Gasteiger partial charge in [-0.3, -0.25) is 14.6 Å². The maximum absolute atomic E-state index is 12.1. The molecule has 0 spiro atoms. The minimum atomic E-state index is -0.930. The molecule has 0 aliphatic heterocycles. The van der Waals surface area contributed by atoms with Crippen molar-refractivity contribution < 1.29 is 19.4 Å². The van der Waals surface area contributed by atoms with E-state index in [9.17, 15) is 9.59 Å². The van der Waals surface area contributed by atoms with Gasteiger partial charge in [0.15, 0.2) is 0 Å². The van der Waals surface area contributed by atoms with E-state index < -0.39 is 11.4 Å². The van der Waals surface area contributed by atoms with Crippen molar-refractivity contribution in [1.82, 2.24) is 4.98 Å². The number of hydrogen-bond acceptors (Lipinski definition) is 4. The van der Waals surface area contributed by atoms with Gasteiger partial charge in [0.2, 0.25) is 5.91 Å². The van der Waals surface area contributed by atoms with Gasteiger partial charge in [0.25, 0.3) is 0 Å². The Morgan fingerprint density at radius 2 is 2.00 bits per heavy atom. The number of ether oxygens (including phenoxy) is 1. The highest BCUT2D eigenvalue weighted by atomic mass is 35.5. The molecule has 138 valence electrons. The number of aliphatic carboxylic acids is 1. The van der Waals surface area contributed by atoms with Crippen LogP contribution in [0.3, 0.4) is 0 Å². The molecule has 0 aliphatic carbocycles. The second kappa shape index (κ2) is 8.67. The minimum absolute atomic E-state index is 0.0819. The van der Waals surface area contributed by atoms with E-state index in [1.54, 1.807) is 38.2 Å². The Balaban J connectivity index is 1.94.